The second kappa shape index (κ2) is 8.06. The third kappa shape index (κ3) is 4.29. The zero-order chi connectivity index (χ0) is 17.5. The molecule has 9 heteroatoms. The summed E-state index contributed by atoms with van der Waals surface area (Å²) in [6.07, 6.45) is 1.92. The topological polar surface area (TPSA) is 111 Å². The molecular formula is C15H14N4O4S. The lowest BCUT2D eigenvalue weighted by Gasteiger charge is -2.07. The number of nitrogens with zero attached hydrogens (tertiary/aromatic N) is 3. The number of nitro benzene ring substituents is 2. The molecule has 0 atom stereocenters. The summed E-state index contributed by atoms with van der Waals surface area (Å²) in [4.78, 5) is 20.5. The number of rotatable bonds is 7. The molecule has 0 spiro atoms. The Labute approximate surface area is 141 Å². The van der Waals surface area contributed by atoms with Gasteiger partial charge >= 0.3 is 5.69 Å². The van der Waals surface area contributed by atoms with Crippen molar-refractivity contribution < 1.29 is 9.85 Å². The van der Waals surface area contributed by atoms with Crippen molar-refractivity contribution in [1.82, 2.24) is 0 Å². The highest BCUT2D eigenvalue weighted by atomic mass is 32.2. The average Bonchev–Trinajstić information content (AvgIpc) is 2.59. The Morgan fingerprint density at radius 2 is 1.83 bits per heavy atom. The van der Waals surface area contributed by atoms with Crippen LogP contribution in [0.2, 0.25) is 0 Å². The number of anilines is 1. The number of benzene rings is 2. The van der Waals surface area contributed by atoms with E-state index >= 15 is 0 Å². The number of non-ortho nitro benzene ring substituents is 1. The number of thioether (sulfide) groups is 1. The summed E-state index contributed by atoms with van der Waals surface area (Å²) in [7, 11) is 0. The maximum Gasteiger partial charge on any atom is 0.301 e. The summed E-state index contributed by atoms with van der Waals surface area (Å²) < 4.78 is 0. The number of hydrazone groups is 1. The van der Waals surface area contributed by atoms with E-state index in [4.69, 9.17) is 0 Å². The highest BCUT2D eigenvalue weighted by Crippen LogP contribution is 2.29. The van der Waals surface area contributed by atoms with Gasteiger partial charge in [-0.2, -0.15) is 16.9 Å². The molecule has 2 aromatic carbocycles. The van der Waals surface area contributed by atoms with Crippen LogP contribution in [-0.4, -0.2) is 27.6 Å². The molecule has 0 aliphatic rings. The van der Waals surface area contributed by atoms with Crippen molar-refractivity contribution in [3.8, 4) is 0 Å². The Hall–Kier alpha value is -2.94. The first-order valence-electron chi connectivity index (χ1n) is 6.82. The third-order valence-corrected chi connectivity index (χ3v) is 3.65. The van der Waals surface area contributed by atoms with Gasteiger partial charge in [0, 0.05) is 11.8 Å². The molecule has 0 unspecified atom stereocenters. The minimum Gasteiger partial charge on any atom is -0.271 e. The Morgan fingerprint density at radius 1 is 1.12 bits per heavy atom. The lowest BCUT2D eigenvalue weighted by atomic mass is 10.1. The maximum absolute atomic E-state index is 11.1. The summed E-state index contributed by atoms with van der Waals surface area (Å²) in [6.45, 7) is 0. The fourth-order valence-corrected chi connectivity index (χ4v) is 2.46. The van der Waals surface area contributed by atoms with Gasteiger partial charge in [-0.3, -0.25) is 25.7 Å². The Balaban J connectivity index is 2.34. The van der Waals surface area contributed by atoms with Gasteiger partial charge < -0.3 is 0 Å². The smallest absolute Gasteiger partial charge is 0.271 e. The van der Waals surface area contributed by atoms with Crippen LogP contribution < -0.4 is 5.43 Å². The van der Waals surface area contributed by atoms with E-state index in [9.17, 15) is 20.2 Å². The summed E-state index contributed by atoms with van der Waals surface area (Å²) in [5.74, 6) is 0.609. The summed E-state index contributed by atoms with van der Waals surface area (Å²) in [5, 5.41) is 26.1. The molecule has 8 nitrogen and oxygen atoms in total. The molecule has 1 N–H and O–H groups in total. The van der Waals surface area contributed by atoms with Crippen LogP contribution in [0.5, 0.6) is 0 Å². The van der Waals surface area contributed by atoms with Crippen molar-refractivity contribution >= 4 is 34.5 Å². The van der Waals surface area contributed by atoms with Gasteiger partial charge in [0.25, 0.3) is 5.69 Å². The second-order valence-electron chi connectivity index (χ2n) is 4.69. The minimum absolute atomic E-state index is 0.0973. The molecule has 0 saturated heterocycles. The van der Waals surface area contributed by atoms with E-state index in [1.54, 1.807) is 11.8 Å². The van der Waals surface area contributed by atoms with Crippen molar-refractivity contribution in [1.29, 1.82) is 0 Å². The van der Waals surface area contributed by atoms with Crippen molar-refractivity contribution in [2.45, 2.75) is 0 Å². The highest BCUT2D eigenvalue weighted by molar-refractivity contribution is 7.99. The molecule has 0 heterocycles. The summed E-state index contributed by atoms with van der Waals surface area (Å²) in [6, 6.07) is 12.8. The van der Waals surface area contributed by atoms with Crippen LogP contribution in [0, 0.1) is 20.2 Å². The first-order chi connectivity index (χ1) is 11.5. The molecule has 0 fully saturated rings. The largest absolute Gasteiger partial charge is 0.301 e. The second-order valence-corrected chi connectivity index (χ2v) is 5.55. The van der Waals surface area contributed by atoms with Crippen LogP contribution in [0.15, 0.2) is 53.6 Å². The molecular weight excluding hydrogens is 332 g/mol. The molecule has 0 bridgehead atoms. The zero-order valence-corrected chi connectivity index (χ0v) is 13.5. The zero-order valence-electron chi connectivity index (χ0n) is 12.7. The molecule has 0 amide bonds. The van der Waals surface area contributed by atoms with E-state index in [2.05, 4.69) is 10.5 Å². The average molecular weight is 346 g/mol. The molecule has 0 aromatic heterocycles. The van der Waals surface area contributed by atoms with Crippen molar-refractivity contribution in [2.75, 3.05) is 17.4 Å². The number of hydrogen-bond acceptors (Lipinski definition) is 7. The van der Waals surface area contributed by atoms with Crippen LogP contribution in [0.4, 0.5) is 17.1 Å². The number of nitrogens with one attached hydrogen (secondary N) is 1. The lowest BCUT2D eigenvalue weighted by molar-refractivity contribution is -0.393. The molecule has 2 aromatic rings. The Bertz CT molecular complexity index is 780. The van der Waals surface area contributed by atoms with E-state index in [1.807, 2.05) is 36.6 Å². The maximum atomic E-state index is 11.1. The van der Waals surface area contributed by atoms with Crippen LogP contribution in [-0.2, 0) is 0 Å². The van der Waals surface area contributed by atoms with Crippen LogP contribution in [0.25, 0.3) is 0 Å². The summed E-state index contributed by atoms with van der Waals surface area (Å²) in [5.41, 5.74) is 3.62. The predicted molar refractivity (Wildman–Crippen MR) is 94.7 cm³/mol. The molecule has 0 aliphatic carbocycles. The van der Waals surface area contributed by atoms with Crippen molar-refractivity contribution in [3.63, 3.8) is 0 Å². The molecule has 24 heavy (non-hydrogen) atoms. The van der Waals surface area contributed by atoms with Crippen molar-refractivity contribution in [3.05, 3.63) is 74.3 Å². The molecule has 0 radical (unpaired) electrons. The van der Waals surface area contributed by atoms with Gasteiger partial charge in [-0.15, -0.1) is 0 Å². The van der Waals surface area contributed by atoms with Gasteiger partial charge in [-0.05, 0) is 17.9 Å². The summed E-state index contributed by atoms with van der Waals surface area (Å²) >= 11 is 1.56. The van der Waals surface area contributed by atoms with Gasteiger partial charge in [-0.1, -0.05) is 30.3 Å². The lowest BCUT2D eigenvalue weighted by Crippen LogP contribution is -2.08. The standard InChI is InChI=1S/C15H14N4O4S/c1-24-10-14(11-5-3-2-4-6-11)17-16-13-8-7-12(18(20)21)9-15(13)19(22)23/h2-9,16H,10H2,1H3/b17-14+. The molecule has 0 aliphatic heterocycles. The molecule has 2 rings (SSSR count). The van der Waals surface area contributed by atoms with E-state index in [1.165, 1.54) is 12.1 Å². The monoisotopic (exact) mass is 346 g/mol. The predicted octanol–water partition coefficient (Wildman–Crippen LogP) is 3.68. The van der Waals surface area contributed by atoms with E-state index in [0.29, 0.717) is 5.75 Å². The van der Waals surface area contributed by atoms with Gasteiger partial charge in [0.05, 0.1) is 21.6 Å². The molecule has 124 valence electrons. The Morgan fingerprint density at radius 3 is 2.42 bits per heavy atom. The number of hydrogen-bond donors (Lipinski definition) is 1. The van der Waals surface area contributed by atoms with Crippen molar-refractivity contribution in [2.24, 2.45) is 5.10 Å². The van der Waals surface area contributed by atoms with E-state index in [-0.39, 0.29) is 11.4 Å². The van der Waals surface area contributed by atoms with Crippen LogP contribution in [0.1, 0.15) is 5.56 Å². The number of nitro groups is 2. The van der Waals surface area contributed by atoms with Gasteiger partial charge in [-0.25, -0.2) is 0 Å². The van der Waals surface area contributed by atoms with Gasteiger partial charge in [0.1, 0.15) is 5.69 Å². The highest BCUT2D eigenvalue weighted by Gasteiger charge is 2.19. The third-order valence-electron chi connectivity index (χ3n) is 3.09. The normalized spacial score (nSPS) is 11.1. The fraction of sp³-hybridized carbons (Fsp3) is 0.133. The first kappa shape index (κ1) is 17.4. The quantitative estimate of drug-likeness (QED) is 0.465. The SMILES string of the molecule is CSC/C(=N\Nc1ccc([N+](=O)[O-])cc1[N+](=O)[O-])c1ccccc1. The van der Waals surface area contributed by atoms with E-state index < -0.39 is 15.5 Å². The van der Waals surface area contributed by atoms with Crippen LogP contribution >= 0.6 is 11.8 Å². The van der Waals surface area contributed by atoms with Crippen LogP contribution in [0.3, 0.4) is 0 Å². The van der Waals surface area contributed by atoms with E-state index in [0.717, 1.165) is 17.3 Å². The molecule has 0 saturated carbocycles. The minimum atomic E-state index is -0.679. The van der Waals surface area contributed by atoms with Gasteiger partial charge in [0.15, 0.2) is 0 Å². The Kier molecular flexibility index (Phi) is 5.85. The van der Waals surface area contributed by atoms with Gasteiger partial charge in [0.2, 0.25) is 0 Å². The fourth-order valence-electron chi connectivity index (χ4n) is 1.95. The first-order valence-corrected chi connectivity index (χ1v) is 8.22.